The zero-order valence-electron chi connectivity index (χ0n) is 13.3. The van der Waals surface area contributed by atoms with E-state index in [0.717, 1.165) is 12.8 Å². The van der Waals surface area contributed by atoms with Crippen LogP contribution in [-0.4, -0.2) is 24.1 Å². The van der Waals surface area contributed by atoms with Crippen LogP contribution in [0.4, 0.5) is 8.78 Å². The maximum atomic E-state index is 14.9. The van der Waals surface area contributed by atoms with Gasteiger partial charge in [0.05, 0.1) is 13.2 Å². The van der Waals surface area contributed by atoms with Gasteiger partial charge in [0.15, 0.2) is 0 Å². The highest BCUT2D eigenvalue weighted by molar-refractivity contribution is 5.40. The molecule has 0 N–H and O–H groups in total. The number of methoxy groups -OCH3 is 1. The highest BCUT2D eigenvalue weighted by atomic mass is 19.3. The van der Waals surface area contributed by atoms with E-state index in [1.54, 1.807) is 19.2 Å². The van der Waals surface area contributed by atoms with Gasteiger partial charge in [-0.2, -0.15) is 8.78 Å². The maximum Gasteiger partial charge on any atom is 0.288 e. The molecule has 118 valence electrons. The van der Waals surface area contributed by atoms with Gasteiger partial charge >= 0.3 is 0 Å². The molecule has 1 unspecified atom stereocenters. The number of nitrogens with zero attached hydrogens (tertiary/aromatic N) is 1. The number of alkyl halides is 2. The molecule has 0 bridgehead atoms. The van der Waals surface area contributed by atoms with Crippen LogP contribution < -0.4 is 4.74 Å². The van der Waals surface area contributed by atoms with Gasteiger partial charge in [-0.25, -0.2) is 0 Å². The summed E-state index contributed by atoms with van der Waals surface area (Å²) in [7, 11) is 1.56. The summed E-state index contributed by atoms with van der Waals surface area (Å²) in [6, 6.07) is 4.30. The van der Waals surface area contributed by atoms with Gasteiger partial charge in [-0.3, -0.25) is 4.90 Å². The molecule has 1 aliphatic heterocycles. The Hall–Kier alpha value is -1.16. The first-order chi connectivity index (χ1) is 9.91. The largest absolute Gasteiger partial charge is 0.497 e. The van der Waals surface area contributed by atoms with E-state index in [1.807, 2.05) is 25.7 Å². The number of ether oxygens (including phenoxy) is 1. The zero-order valence-corrected chi connectivity index (χ0v) is 13.3. The van der Waals surface area contributed by atoms with Crippen molar-refractivity contribution in [1.82, 2.24) is 4.90 Å². The normalized spacial score (nSPS) is 21.4. The van der Waals surface area contributed by atoms with Gasteiger partial charge in [0, 0.05) is 18.2 Å². The average Bonchev–Trinajstić information content (AvgIpc) is 2.45. The first-order valence-electron chi connectivity index (χ1n) is 7.72. The summed E-state index contributed by atoms with van der Waals surface area (Å²) in [4.78, 5) is 1.93. The zero-order chi connectivity index (χ0) is 15.6. The fourth-order valence-electron chi connectivity index (χ4n) is 3.13. The molecule has 21 heavy (non-hydrogen) atoms. The van der Waals surface area contributed by atoms with Crippen molar-refractivity contribution in [2.24, 2.45) is 0 Å². The first-order valence-corrected chi connectivity index (χ1v) is 7.72. The Bertz CT molecular complexity index is 488. The molecule has 0 aromatic heterocycles. The lowest BCUT2D eigenvalue weighted by Crippen LogP contribution is -2.52. The number of halogens is 2. The molecule has 1 atom stereocenters. The average molecular weight is 297 g/mol. The van der Waals surface area contributed by atoms with Crippen LogP contribution in [0.25, 0.3) is 0 Å². The third-order valence-electron chi connectivity index (χ3n) is 4.34. The fraction of sp³-hybridized carbons (Fsp3) is 0.647. The van der Waals surface area contributed by atoms with Gasteiger partial charge in [0.25, 0.3) is 5.92 Å². The molecule has 0 fully saturated rings. The molecule has 1 aromatic rings. The minimum atomic E-state index is -2.81. The molecule has 1 heterocycles. The summed E-state index contributed by atoms with van der Waals surface area (Å²) >= 11 is 0. The van der Waals surface area contributed by atoms with Crippen molar-refractivity contribution >= 4 is 0 Å². The molecule has 2 nitrogen and oxygen atoms in total. The number of rotatable bonds is 5. The van der Waals surface area contributed by atoms with E-state index in [1.165, 1.54) is 6.07 Å². The van der Waals surface area contributed by atoms with Gasteiger partial charge in [0.1, 0.15) is 5.75 Å². The van der Waals surface area contributed by atoms with Crippen LogP contribution in [-0.2, 0) is 12.5 Å². The summed E-state index contributed by atoms with van der Waals surface area (Å²) in [5.74, 6) is -2.17. The number of unbranched alkanes of at least 4 members (excludes halogenated alkanes) is 1. The molecule has 0 spiro atoms. The number of hydrogen-bond donors (Lipinski definition) is 0. The lowest BCUT2D eigenvalue weighted by Gasteiger charge is -2.44. The van der Waals surface area contributed by atoms with Crippen molar-refractivity contribution in [2.75, 3.05) is 7.11 Å². The molecule has 0 saturated carbocycles. The second kappa shape index (κ2) is 6.30. The van der Waals surface area contributed by atoms with Crippen molar-refractivity contribution in [2.45, 2.75) is 64.6 Å². The van der Waals surface area contributed by atoms with E-state index in [0.29, 0.717) is 24.3 Å². The Kier molecular flexibility index (Phi) is 4.87. The topological polar surface area (TPSA) is 12.5 Å². The molecule has 1 aliphatic rings. The number of hydrogen-bond acceptors (Lipinski definition) is 2. The smallest absolute Gasteiger partial charge is 0.288 e. The Morgan fingerprint density at radius 1 is 1.38 bits per heavy atom. The first kappa shape index (κ1) is 16.2. The van der Waals surface area contributed by atoms with Crippen molar-refractivity contribution in [3.63, 3.8) is 0 Å². The molecule has 0 amide bonds. The lowest BCUT2D eigenvalue weighted by molar-refractivity contribution is -0.116. The minimum absolute atomic E-state index is 0.0945. The van der Waals surface area contributed by atoms with Crippen molar-refractivity contribution < 1.29 is 13.5 Å². The van der Waals surface area contributed by atoms with Crippen LogP contribution in [0.2, 0.25) is 0 Å². The third kappa shape index (κ3) is 3.05. The van der Waals surface area contributed by atoms with Gasteiger partial charge in [-0.15, -0.1) is 0 Å². The highest BCUT2D eigenvalue weighted by Crippen LogP contribution is 2.44. The lowest BCUT2D eigenvalue weighted by atomic mass is 9.86. The van der Waals surface area contributed by atoms with Crippen LogP contribution in [0.1, 0.15) is 51.2 Å². The Morgan fingerprint density at radius 3 is 2.67 bits per heavy atom. The summed E-state index contributed by atoms with van der Waals surface area (Å²) in [6.07, 6.45) is 2.30. The van der Waals surface area contributed by atoms with E-state index >= 15 is 0 Å². The quantitative estimate of drug-likeness (QED) is 0.789. The summed E-state index contributed by atoms with van der Waals surface area (Å²) in [5, 5.41) is 0. The predicted octanol–water partition coefficient (Wildman–Crippen LogP) is 4.57. The van der Waals surface area contributed by atoms with E-state index in [4.69, 9.17) is 4.74 Å². The monoisotopic (exact) mass is 297 g/mol. The van der Waals surface area contributed by atoms with E-state index in [2.05, 4.69) is 0 Å². The molecular formula is C17H25F2NO. The number of fused-ring (bicyclic) bond motifs is 1. The van der Waals surface area contributed by atoms with Crippen LogP contribution in [0.5, 0.6) is 5.75 Å². The van der Waals surface area contributed by atoms with Crippen LogP contribution >= 0.6 is 0 Å². The van der Waals surface area contributed by atoms with Crippen LogP contribution in [0.15, 0.2) is 18.2 Å². The maximum absolute atomic E-state index is 14.9. The Balaban J connectivity index is 2.43. The summed E-state index contributed by atoms with van der Waals surface area (Å²) in [6.45, 7) is 6.58. The van der Waals surface area contributed by atoms with Gasteiger partial charge in [0.2, 0.25) is 0 Å². The SMILES string of the molecule is CCCCC1N(C(C)C)Cc2cc(OC)ccc2C1(F)F. The number of benzene rings is 1. The second-order valence-electron chi connectivity index (χ2n) is 6.07. The van der Waals surface area contributed by atoms with Crippen LogP contribution in [0, 0.1) is 0 Å². The highest BCUT2D eigenvalue weighted by Gasteiger charge is 2.49. The predicted molar refractivity (Wildman–Crippen MR) is 80.9 cm³/mol. The molecule has 0 aliphatic carbocycles. The third-order valence-corrected chi connectivity index (χ3v) is 4.34. The van der Waals surface area contributed by atoms with Crippen molar-refractivity contribution in [3.8, 4) is 5.75 Å². The van der Waals surface area contributed by atoms with Crippen LogP contribution in [0.3, 0.4) is 0 Å². The van der Waals surface area contributed by atoms with Gasteiger partial charge in [-0.05, 0) is 44.0 Å². The summed E-state index contributed by atoms with van der Waals surface area (Å²) < 4.78 is 35.1. The van der Waals surface area contributed by atoms with Gasteiger partial charge in [-0.1, -0.05) is 19.8 Å². The van der Waals surface area contributed by atoms with Crippen molar-refractivity contribution in [1.29, 1.82) is 0 Å². The standard InChI is InChI=1S/C17H25F2NO/c1-5-6-7-16-17(18,19)15-9-8-14(21-4)10-13(15)11-20(16)12(2)3/h8-10,12,16H,5-7,11H2,1-4H3. The van der Waals surface area contributed by atoms with E-state index in [9.17, 15) is 8.78 Å². The second-order valence-corrected chi connectivity index (χ2v) is 6.07. The fourth-order valence-corrected chi connectivity index (χ4v) is 3.13. The molecule has 1 aromatic carbocycles. The molecule has 0 radical (unpaired) electrons. The molecule has 2 rings (SSSR count). The minimum Gasteiger partial charge on any atom is -0.497 e. The Morgan fingerprint density at radius 2 is 2.10 bits per heavy atom. The molecule has 4 heteroatoms. The van der Waals surface area contributed by atoms with E-state index in [-0.39, 0.29) is 11.6 Å². The van der Waals surface area contributed by atoms with Gasteiger partial charge < -0.3 is 4.74 Å². The van der Waals surface area contributed by atoms with Crippen molar-refractivity contribution in [3.05, 3.63) is 29.3 Å². The molecule has 0 saturated heterocycles. The molecular weight excluding hydrogens is 272 g/mol. The summed E-state index contributed by atoms with van der Waals surface area (Å²) in [5.41, 5.74) is 0.849. The Labute approximate surface area is 126 Å². The van der Waals surface area contributed by atoms with E-state index < -0.39 is 12.0 Å².